The summed E-state index contributed by atoms with van der Waals surface area (Å²) in [6.45, 7) is 1.77. The van der Waals surface area contributed by atoms with Gasteiger partial charge < -0.3 is 5.11 Å². The van der Waals surface area contributed by atoms with E-state index in [0.29, 0.717) is 16.3 Å². The molecule has 2 aromatic rings. The van der Waals surface area contributed by atoms with Crippen LogP contribution in [-0.2, 0) is 0 Å². The van der Waals surface area contributed by atoms with Gasteiger partial charge in [0.05, 0.1) is 5.71 Å². The molecule has 1 aromatic heterocycles. The Bertz CT molecular complexity index is 522. The maximum absolute atomic E-state index is 9.65. The van der Waals surface area contributed by atoms with Crippen LogP contribution in [0.1, 0.15) is 12.5 Å². The van der Waals surface area contributed by atoms with Gasteiger partial charge in [-0.25, -0.2) is 4.68 Å². The zero-order valence-electron chi connectivity index (χ0n) is 8.50. The summed E-state index contributed by atoms with van der Waals surface area (Å²) >= 11 is 5.85. The van der Waals surface area contributed by atoms with E-state index in [0.717, 1.165) is 0 Å². The molecular formula is C10H9ClN4O. The summed E-state index contributed by atoms with van der Waals surface area (Å²) in [4.78, 5) is 0. The van der Waals surface area contributed by atoms with Crippen LogP contribution in [0.2, 0.25) is 5.02 Å². The Morgan fingerprint density at radius 1 is 1.38 bits per heavy atom. The van der Waals surface area contributed by atoms with Crippen molar-refractivity contribution in [3.63, 3.8) is 0 Å². The molecule has 1 heterocycles. The Kier molecular flexibility index (Phi) is 2.87. The lowest BCUT2D eigenvalue weighted by Crippen LogP contribution is -1.98. The van der Waals surface area contributed by atoms with Crippen molar-refractivity contribution < 1.29 is 5.11 Å². The van der Waals surface area contributed by atoms with Gasteiger partial charge in [0, 0.05) is 10.6 Å². The summed E-state index contributed by atoms with van der Waals surface area (Å²) in [7, 11) is 0. The number of nitrogens with zero attached hydrogens (tertiary/aromatic N) is 4. The number of aromatic nitrogens is 3. The molecule has 5 nitrogen and oxygen atoms in total. The fourth-order valence-electron chi connectivity index (χ4n) is 1.27. The fraction of sp³-hybridized carbons (Fsp3) is 0.100. The largest absolute Gasteiger partial charge is 0.507 e. The lowest BCUT2D eigenvalue weighted by atomic mass is 10.1. The van der Waals surface area contributed by atoms with Gasteiger partial charge in [0.2, 0.25) is 0 Å². The molecule has 0 spiro atoms. The molecule has 82 valence electrons. The van der Waals surface area contributed by atoms with Gasteiger partial charge in [-0.15, -0.1) is 10.2 Å². The third-order valence-corrected chi connectivity index (χ3v) is 2.26. The zero-order valence-corrected chi connectivity index (χ0v) is 9.26. The topological polar surface area (TPSA) is 63.3 Å². The summed E-state index contributed by atoms with van der Waals surface area (Å²) in [5.41, 5.74) is 1.21. The van der Waals surface area contributed by atoms with Gasteiger partial charge >= 0.3 is 0 Å². The van der Waals surface area contributed by atoms with Crippen LogP contribution in [0.3, 0.4) is 0 Å². The predicted octanol–water partition coefficient (Wildman–Crippen LogP) is 1.91. The van der Waals surface area contributed by atoms with E-state index in [4.69, 9.17) is 11.6 Å². The van der Waals surface area contributed by atoms with Gasteiger partial charge in [0.15, 0.2) is 0 Å². The molecule has 0 aliphatic heterocycles. The third kappa shape index (κ3) is 2.20. The third-order valence-electron chi connectivity index (χ3n) is 2.02. The van der Waals surface area contributed by atoms with E-state index in [2.05, 4.69) is 15.3 Å². The second kappa shape index (κ2) is 4.32. The van der Waals surface area contributed by atoms with E-state index in [1.165, 1.54) is 23.4 Å². The van der Waals surface area contributed by atoms with Gasteiger partial charge in [-0.05, 0) is 25.1 Å². The summed E-state index contributed by atoms with van der Waals surface area (Å²) in [6.07, 6.45) is 2.93. The molecule has 0 aliphatic rings. The van der Waals surface area contributed by atoms with Crippen molar-refractivity contribution >= 4 is 17.3 Å². The molecular weight excluding hydrogens is 228 g/mol. The molecule has 0 radical (unpaired) electrons. The van der Waals surface area contributed by atoms with Gasteiger partial charge in [0.25, 0.3) is 0 Å². The van der Waals surface area contributed by atoms with E-state index < -0.39 is 0 Å². The second-order valence-corrected chi connectivity index (χ2v) is 3.63. The van der Waals surface area contributed by atoms with Gasteiger partial charge in [-0.1, -0.05) is 11.6 Å². The minimum absolute atomic E-state index is 0.138. The average molecular weight is 237 g/mol. The number of benzene rings is 1. The van der Waals surface area contributed by atoms with Crippen LogP contribution in [-0.4, -0.2) is 25.7 Å². The quantitative estimate of drug-likeness (QED) is 0.811. The summed E-state index contributed by atoms with van der Waals surface area (Å²) in [6, 6.07) is 4.80. The molecule has 0 fully saturated rings. The minimum atomic E-state index is 0.138. The van der Waals surface area contributed by atoms with E-state index in [9.17, 15) is 5.11 Å². The maximum atomic E-state index is 9.65. The minimum Gasteiger partial charge on any atom is -0.507 e. The molecule has 0 unspecified atom stereocenters. The Hall–Kier alpha value is -1.88. The molecule has 0 saturated carbocycles. The normalized spacial score (nSPS) is 11.8. The molecule has 0 amide bonds. The highest BCUT2D eigenvalue weighted by Gasteiger charge is 2.05. The van der Waals surface area contributed by atoms with Crippen LogP contribution < -0.4 is 0 Å². The molecule has 1 aromatic carbocycles. The fourth-order valence-corrected chi connectivity index (χ4v) is 1.44. The van der Waals surface area contributed by atoms with Crippen molar-refractivity contribution in [3.05, 3.63) is 41.4 Å². The van der Waals surface area contributed by atoms with Crippen molar-refractivity contribution in [2.75, 3.05) is 0 Å². The zero-order chi connectivity index (χ0) is 11.5. The molecule has 16 heavy (non-hydrogen) atoms. The van der Waals surface area contributed by atoms with E-state index in [-0.39, 0.29) is 5.75 Å². The van der Waals surface area contributed by atoms with Crippen LogP contribution in [0.25, 0.3) is 0 Å². The second-order valence-electron chi connectivity index (χ2n) is 3.19. The molecule has 0 aliphatic carbocycles. The highest BCUT2D eigenvalue weighted by atomic mass is 35.5. The lowest BCUT2D eigenvalue weighted by molar-refractivity contribution is 0.474. The molecule has 2 rings (SSSR count). The summed E-state index contributed by atoms with van der Waals surface area (Å²) < 4.78 is 1.45. The van der Waals surface area contributed by atoms with Crippen LogP contribution in [0.15, 0.2) is 36.0 Å². The Labute approximate surface area is 97.0 Å². The first-order valence-electron chi connectivity index (χ1n) is 4.56. The first-order valence-corrected chi connectivity index (χ1v) is 4.93. The first kappa shape index (κ1) is 10.6. The number of aromatic hydroxyl groups is 1. The molecule has 0 atom stereocenters. The summed E-state index contributed by atoms with van der Waals surface area (Å²) in [5.74, 6) is 0.138. The maximum Gasteiger partial charge on any atom is 0.141 e. The number of phenolic OH excluding ortho intramolecular Hbond substituents is 1. The number of phenols is 1. The Morgan fingerprint density at radius 2 is 2.06 bits per heavy atom. The van der Waals surface area contributed by atoms with Crippen LogP contribution in [0.5, 0.6) is 5.75 Å². The van der Waals surface area contributed by atoms with Gasteiger partial charge in [0.1, 0.15) is 18.4 Å². The highest BCUT2D eigenvalue weighted by Crippen LogP contribution is 2.22. The smallest absolute Gasteiger partial charge is 0.141 e. The van der Waals surface area contributed by atoms with E-state index in [1.807, 2.05) is 0 Å². The highest BCUT2D eigenvalue weighted by molar-refractivity contribution is 6.31. The van der Waals surface area contributed by atoms with Gasteiger partial charge in [-0.2, -0.15) is 5.10 Å². The molecule has 1 N–H and O–H groups in total. The predicted molar refractivity (Wildman–Crippen MR) is 60.7 cm³/mol. The lowest BCUT2D eigenvalue weighted by Gasteiger charge is -2.04. The van der Waals surface area contributed by atoms with Crippen LogP contribution in [0.4, 0.5) is 0 Å². The molecule has 0 bridgehead atoms. The van der Waals surface area contributed by atoms with E-state index >= 15 is 0 Å². The van der Waals surface area contributed by atoms with Crippen molar-refractivity contribution in [1.29, 1.82) is 0 Å². The SMILES string of the molecule is C/C(=N\n1cnnc1)c1cc(Cl)ccc1O. The monoisotopic (exact) mass is 236 g/mol. The molecule has 6 heteroatoms. The van der Waals surface area contributed by atoms with Crippen molar-refractivity contribution in [2.24, 2.45) is 5.10 Å². The molecule has 0 saturated heterocycles. The van der Waals surface area contributed by atoms with Crippen molar-refractivity contribution in [2.45, 2.75) is 6.92 Å². The van der Waals surface area contributed by atoms with Crippen molar-refractivity contribution in [3.8, 4) is 5.75 Å². The number of rotatable bonds is 2. The number of hydrogen-bond acceptors (Lipinski definition) is 4. The number of halogens is 1. The average Bonchev–Trinajstić information content (AvgIpc) is 2.74. The van der Waals surface area contributed by atoms with E-state index in [1.54, 1.807) is 19.1 Å². The Morgan fingerprint density at radius 3 is 2.75 bits per heavy atom. The van der Waals surface area contributed by atoms with Crippen LogP contribution in [0, 0.1) is 0 Å². The number of hydrogen-bond donors (Lipinski definition) is 1. The van der Waals surface area contributed by atoms with Crippen molar-refractivity contribution in [1.82, 2.24) is 14.9 Å². The van der Waals surface area contributed by atoms with Crippen LogP contribution >= 0.6 is 11.6 Å². The Balaban J connectivity index is 2.40. The summed E-state index contributed by atoms with van der Waals surface area (Å²) in [5, 5.41) is 21.6. The first-order chi connectivity index (χ1) is 7.66. The standard InChI is InChI=1S/C10H9ClN4O/c1-7(14-15-5-12-13-6-15)9-4-8(11)2-3-10(9)16/h2-6,16H,1H3/b14-7+. The van der Waals surface area contributed by atoms with Gasteiger partial charge in [-0.3, -0.25) is 0 Å².